The smallest absolute Gasteiger partial charge is 0.238 e. The largest absolute Gasteiger partial charge is 0.493 e. The number of ether oxygens (including phenoxy) is 3. The van der Waals surface area contributed by atoms with Crippen LogP contribution in [0.1, 0.15) is 11.1 Å². The van der Waals surface area contributed by atoms with Gasteiger partial charge in [0, 0.05) is 24.8 Å². The fraction of sp³-hybridized carbons (Fsp3) is 0.391. The summed E-state index contributed by atoms with van der Waals surface area (Å²) in [5.41, 5.74) is 2.64. The molecule has 2 amide bonds. The summed E-state index contributed by atoms with van der Waals surface area (Å²) in [5, 5.41) is 2.83. The lowest BCUT2D eigenvalue weighted by Crippen LogP contribution is -2.39. The van der Waals surface area contributed by atoms with E-state index >= 15 is 0 Å². The minimum atomic E-state index is -0.177. The molecule has 0 atom stereocenters. The molecule has 0 aromatic heterocycles. The monoisotopic (exact) mass is 429 g/mol. The maximum absolute atomic E-state index is 12.7. The topological polar surface area (TPSA) is 80.3 Å². The van der Waals surface area contributed by atoms with Crippen LogP contribution >= 0.6 is 0 Å². The Hall–Kier alpha value is -3.26. The van der Waals surface area contributed by atoms with Crippen molar-refractivity contribution in [2.75, 3.05) is 53.8 Å². The Bertz CT molecular complexity index is 899. The third kappa shape index (κ3) is 6.62. The summed E-state index contributed by atoms with van der Waals surface area (Å²) in [7, 11) is 8.08. The number of rotatable bonds is 10. The Morgan fingerprint density at radius 1 is 0.871 bits per heavy atom. The first-order chi connectivity index (χ1) is 14.8. The summed E-state index contributed by atoms with van der Waals surface area (Å²) in [6.45, 7) is 2.52. The van der Waals surface area contributed by atoms with E-state index in [2.05, 4.69) is 5.32 Å². The fourth-order valence-electron chi connectivity index (χ4n) is 3.12. The zero-order valence-corrected chi connectivity index (χ0v) is 19.0. The Morgan fingerprint density at radius 2 is 1.52 bits per heavy atom. The molecule has 1 N–H and O–H groups in total. The predicted octanol–water partition coefficient (Wildman–Crippen LogP) is 2.55. The van der Waals surface area contributed by atoms with Gasteiger partial charge >= 0.3 is 0 Å². The molecule has 2 rings (SSSR count). The van der Waals surface area contributed by atoms with Crippen LogP contribution in [0.15, 0.2) is 36.4 Å². The molecule has 8 heteroatoms. The van der Waals surface area contributed by atoms with E-state index in [1.54, 1.807) is 44.2 Å². The standard InChI is InChI=1S/C23H31N3O5/c1-16-7-10-18(11-8-16)24-20(27)14-25(2)15-21(28)26(3)13-17-9-12-19(29-4)23(31-6)22(17)30-5/h7-12H,13-15H2,1-6H3,(H,24,27). The highest BCUT2D eigenvalue weighted by molar-refractivity contribution is 5.92. The number of nitrogens with zero attached hydrogens (tertiary/aromatic N) is 2. The number of hydrogen-bond acceptors (Lipinski definition) is 6. The molecule has 0 fully saturated rings. The van der Waals surface area contributed by atoms with Crippen LogP contribution in [0, 0.1) is 6.92 Å². The zero-order valence-electron chi connectivity index (χ0n) is 19.0. The lowest BCUT2D eigenvalue weighted by molar-refractivity contribution is -0.131. The molecule has 0 aliphatic rings. The zero-order chi connectivity index (χ0) is 23.0. The molecule has 31 heavy (non-hydrogen) atoms. The minimum Gasteiger partial charge on any atom is -0.493 e. The van der Waals surface area contributed by atoms with Crippen LogP contribution in [0.5, 0.6) is 17.2 Å². The molecule has 168 valence electrons. The number of anilines is 1. The highest BCUT2D eigenvalue weighted by atomic mass is 16.5. The van der Waals surface area contributed by atoms with Gasteiger partial charge in [-0.2, -0.15) is 0 Å². The van der Waals surface area contributed by atoms with E-state index in [9.17, 15) is 9.59 Å². The predicted molar refractivity (Wildman–Crippen MR) is 120 cm³/mol. The van der Waals surface area contributed by atoms with E-state index in [4.69, 9.17) is 14.2 Å². The van der Waals surface area contributed by atoms with Gasteiger partial charge in [-0.05, 0) is 38.2 Å². The van der Waals surface area contributed by atoms with E-state index in [0.29, 0.717) is 23.8 Å². The number of hydrogen-bond donors (Lipinski definition) is 1. The Labute approximate surface area is 183 Å². The van der Waals surface area contributed by atoms with Crippen LogP contribution < -0.4 is 19.5 Å². The molecule has 0 aliphatic carbocycles. The fourth-order valence-corrected chi connectivity index (χ4v) is 3.12. The molecular formula is C23H31N3O5. The van der Waals surface area contributed by atoms with Crippen molar-refractivity contribution in [2.24, 2.45) is 0 Å². The van der Waals surface area contributed by atoms with E-state index in [0.717, 1.165) is 16.8 Å². The van der Waals surface area contributed by atoms with Gasteiger partial charge in [-0.15, -0.1) is 0 Å². The lowest BCUT2D eigenvalue weighted by atomic mass is 10.1. The number of amides is 2. The van der Waals surface area contributed by atoms with Crippen molar-refractivity contribution in [2.45, 2.75) is 13.5 Å². The SMILES string of the molecule is COc1ccc(CN(C)C(=O)CN(C)CC(=O)Nc2ccc(C)cc2)c(OC)c1OC. The molecule has 0 radical (unpaired) electrons. The van der Waals surface area contributed by atoms with Crippen LogP contribution in [0.25, 0.3) is 0 Å². The first-order valence-electron chi connectivity index (χ1n) is 9.85. The Balaban J connectivity index is 1.94. The number of carbonyl (C=O) groups excluding carboxylic acids is 2. The van der Waals surface area contributed by atoms with Gasteiger partial charge in [-0.3, -0.25) is 14.5 Å². The molecular weight excluding hydrogens is 398 g/mol. The average Bonchev–Trinajstić information content (AvgIpc) is 2.74. The molecule has 0 aliphatic heterocycles. The molecule has 0 bridgehead atoms. The highest BCUT2D eigenvalue weighted by Crippen LogP contribution is 2.40. The average molecular weight is 430 g/mol. The number of likely N-dealkylation sites (N-methyl/N-ethyl adjacent to an activating group) is 2. The number of methoxy groups -OCH3 is 3. The molecule has 2 aromatic carbocycles. The molecule has 0 saturated carbocycles. The van der Waals surface area contributed by atoms with Crippen molar-refractivity contribution >= 4 is 17.5 Å². The molecule has 0 heterocycles. The summed E-state index contributed by atoms with van der Waals surface area (Å²) in [4.78, 5) is 28.2. The van der Waals surface area contributed by atoms with Gasteiger partial charge in [0.2, 0.25) is 17.6 Å². The quantitative estimate of drug-likeness (QED) is 0.625. The molecule has 0 saturated heterocycles. The summed E-state index contributed by atoms with van der Waals surface area (Å²) < 4.78 is 16.2. The third-order valence-electron chi connectivity index (χ3n) is 4.77. The molecule has 0 spiro atoms. The van der Waals surface area contributed by atoms with Crippen molar-refractivity contribution in [1.29, 1.82) is 0 Å². The molecule has 0 unspecified atom stereocenters. The van der Waals surface area contributed by atoms with Crippen LogP contribution in [0.4, 0.5) is 5.69 Å². The highest BCUT2D eigenvalue weighted by Gasteiger charge is 2.20. The maximum atomic E-state index is 12.7. The van der Waals surface area contributed by atoms with Crippen molar-refractivity contribution < 1.29 is 23.8 Å². The maximum Gasteiger partial charge on any atom is 0.238 e. The van der Waals surface area contributed by atoms with Crippen molar-refractivity contribution in [3.8, 4) is 17.2 Å². The van der Waals surface area contributed by atoms with Gasteiger partial charge in [-0.25, -0.2) is 0 Å². The summed E-state index contributed by atoms with van der Waals surface area (Å²) >= 11 is 0. The summed E-state index contributed by atoms with van der Waals surface area (Å²) in [6, 6.07) is 11.2. The second-order valence-corrected chi connectivity index (χ2v) is 7.33. The van der Waals surface area contributed by atoms with Crippen LogP contribution in [0.3, 0.4) is 0 Å². The third-order valence-corrected chi connectivity index (χ3v) is 4.77. The number of nitrogens with one attached hydrogen (secondary N) is 1. The number of benzene rings is 2. The van der Waals surface area contributed by atoms with Gasteiger partial charge in [0.1, 0.15) is 0 Å². The van der Waals surface area contributed by atoms with Crippen LogP contribution in [0.2, 0.25) is 0 Å². The second kappa shape index (κ2) is 11.2. The Morgan fingerprint density at radius 3 is 2.10 bits per heavy atom. The Kier molecular flexibility index (Phi) is 8.69. The first kappa shape index (κ1) is 24.0. The normalized spacial score (nSPS) is 10.5. The van der Waals surface area contributed by atoms with Gasteiger partial charge < -0.3 is 24.4 Å². The van der Waals surface area contributed by atoms with E-state index in [-0.39, 0.29) is 24.9 Å². The van der Waals surface area contributed by atoms with Crippen LogP contribution in [-0.2, 0) is 16.1 Å². The first-order valence-corrected chi connectivity index (χ1v) is 9.85. The molecule has 2 aromatic rings. The van der Waals surface area contributed by atoms with Gasteiger partial charge in [0.25, 0.3) is 0 Å². The minimum absolute atomic E-state index is 0.104. The lowest BCUT2D eigenvalue weighted by Gasteiger charge is -2.23. The number of aryl methyl sites for hydroxylation is 1. The summed E-state index contributed by atoms with van der Waals surface area (Å²) in [6.07, 6.45) is 0. The molecule has 8 nitrogen and oxygen atoms in total. The van der Waals surface area contributed by atoms with Crippen molar-refractivity contribution in [3.63, 3.8) is 0 Å². The van der Waals surface area contributed by atoms with Crippen molar-refractivity contribution in [3.05, 3.63) is 47.5 Å². The van der Waals surface area contributed by atoms with Gasteiger partial charge in [0.15, 0.2) is 11.5 Å². The van der Waals surface area contributed by atoms with E-state index < -0.39 is 0 Å². The van der Waals surface area contributed by atoms with Crippen molar-refractivity contribution in [1.82, 2.24) is 9.80 Å². The van der Waals surface area contributed by atoms with E-state index in [1.807, 2.05) is 37.3 Å². The summed E-state index contributed by atoms with van der Waals surface area (Å²) in [5.74, 6) is 1.25. The number of carbonyl (C=O) groups is 2. The second-order valence-electron chi connectivity index (χ2n) is 7.33. The van der Waals surface area contributed by atoms with Gasteiger partial charge in [-0.1, -0.05) is 17.7 Å². The van der Waals surface area contributed by atoms with Gasteiger partial charge in [0.05, 0.1) is 34.4 Å². The van der Waals surface area contributed by atoms with E-state index in [1.165, 1.54) is 7.11 Å². The van der Waals surface area contributed by atoms with Crippen LogP contribution in [-0.4, -0.2) is 70.1 Å².